The van der Waals surface area contributed by atoms with E-state index in [1.165, 1.54) is 6.92 Å². The molecule has 0 saturated heterocycles. The number of carbonyl (C=O) groups is 1. The molecule has 3 aromatic rings. The van der Waals surface area contributed by atoms with Crippen LogP contribution in [-0.4, -0.2) is 10.5 Å². The molecular formula is C21H18N2O2. The van der Waals surface area contributed by atoms with Gasteiger partial charge in [-0.1, -0.05) is 48.5 Å². The van der Waals surface area contributed by atoms with Gasteiger partial charge >= 0.3 is 5.97 Å². The summed E-state index contributed by atoms with van der Waals surface area (Å²) in [5.41, 5.74) is 4.01. The van der Waals surface area contributed by atoms with Crippen LogP contribution in [0.25, 0.3) is 11.8 Å². The quantitative estimate of drug-likeness (QED) is 0.662. The summed E-state index contributed by atoms with van der Waals surface area (Å²) in [4.78, 5) is 13.8. The Bertz CT molecular complexity index is 913. The molecule has 4 heteroatoms. The third-order valence-corrected chi connectivity index (χ3v) is 4.19. The monoisotopic (exact) mass is 330 g/mol. The lowest BCUT2D eigenvalue weighted by Crippen LogP contribution is -2.37. The second kappa shape index (κ2) is 6.32. The molecule has 1 aromatic heterocycles. The van der Waals surface area contributed by atoms with Crippen LogP contribution in [0.4, 0.5) is 5.69 Å². The molecule has 0 spiro atoms. The van der Waals surface area contributed by atoms with E-state index in [1.807, 2.05) is 76.3 Å². The van der Waals surface area contributed by atoms with E-state index in [1.54, 1.807) is 0 Å². The SMILES string of the molecule is CC(=O)OC1N(c2ccccc2)C(c2ccccc2)=Cc2cccn21. The first-order valence-electron chi connectivity index (χ1n) is 8.19. The van der Waals surface area contributed by atoms with Crippen LogP contribution < -0.4 is 4.90 Å². The van der Waals surface area contributed by atoms with Crippen molar-refractivity contribution in [2.75, 3.05) is 4.90 Å². The van der Waals surface area contributed by atoms with Gasteiger partial charge in [0.25, 0.3) is 6.35 Å². The second-order valence-electron chi connectivity index (χ2n) is 5.88. The summed E-state index contributed by atoms with van der Waals surface area (Å²) in [7, 11) is 0. The summed E-state index contributed by atoms with van der Waals surface area (Å²) in [5, 5.41) is 0. The van der Waals surface area contributed by atoms with Crippen molar-refractivity contribution in [3.05, 3.63) is 90.3 Å². The highest BCUT2D eigenvalue weighted by Gasteiger charge is 2.31. The fourth-order valence-corrected chi connectivity index (χ4v) is 3.13. The Kier molecular flexibility index (Phi) is 3.86. The van der Waals surface area contributed by atoms with E-state index in [9.17, 15) is 4.79 Å². The molecule has 0 amide bonds. The number of esters is 1. The van der Waals surface area contributed by atoms with Gasteiger partial charge in [-0.05, 0) is 35.9 Å². The van der Waals surface area contributed by atoms with Gasteiger partial charge < -0.3 is 4.74 Å². The van der Waals surface area contributed by atoms with Crippen LogP contribution in [0.5, 0.6) is 0 Å². The Balaban J connectivity index is 1.92. The molecule has 0 aliphatic carbocycles. The van der Waals surface area contributed by atoms with Crippen molar-refractivity contribution in [3.63, 3.8) is 0 Å². The number of carbonyl (C=O) groups excluding carboxylic acids is 1. The van der Waals surface area contributed by atoms with E-state index < -0.39 is 6.35 Å². The molecule has 4 rings (SSSR count). The largest absolute Gasteiger partial charge is 0.422 e. The van der Waals surface area contributed by atoms with Gasteiger partial charge in [-0.15, -0.1) is 0 Å². The molecule has 1 aliphatic rings. The fourth-order valence-electron chi connectivity index (χ4n) is 3.13. The highest BCUT2D eigenvalue weighted by atomic mass is 16.6. The molecule has 124 valence electrons. The number of hydrogen-bond donors (Lipinski definition) is 0. The van der Waals surface area contributed by atoms with E-state index in [0.717, 1.165) is 22.6 Å². The van der Waals surface area contributed by atoms with Gasteiger partial charge in [0.1, 0.15) is 0 Å². The number of nitrogens with zero attached hydrogens (tertiary/aromatic N) is 2. The van der Waals surface area contributed by atoms with Gasteiger partial charge in [-0.3, -0.25) is 14.3 Å². The third-order valence-electron chi connectivity index (χ3n) is 4.19. The second-order valence-corrected chi connectivity index (χ2v) is 5.88. The van der Waals surface area contributed by atoms with Crippen molar-refractivity contribution in [1.82, 2.24) is 4.57 Å². The zero-order valence-corrected chi connectivity index (χ0v) is 13.9. The Morgan fingerprint density at radius 3 is 2.28 bits per heavy atom. The van der Waals surface area contributed by atoms with Crippen molar-refractivity contribution >= 4 is 23.4 Å². The minimum absolute atomic E-state index is 0.320. The van der Waals surface area contributed by atoms with Crippen molar-refractivity contribution in [3.8, 4) is 0 Å². The highest BCUT2D eigenvalue weighted by Crippen LogP contribution is 2.38. The van der Waals surface area contributed by atoms with Gasteiger partial charge in [0.05, 0.1) is 5.70 Å². The first-order chi connectivity index (χ1) is 12.2. The van der Waals surface area contributed by atoms with Crippen LogP contribution in [0.3, 0.4) is 0 Å². The zero-order chi connectivity index (χ0) is 17.2. The molecule has 2 heterocycles. The Labute approximate surface area is 146 Å². The van der Waals surface area contributed by atoms with Crippen LogP contribution in [-0.2, 0) is 9.53 Å². The molecule has 1 atom stereocenters. The number of fused-ring (bicyclic) bond motifs is 1. The van der Waals surface area contributed by atoms with E-state index in [2.05, 4.69) is 18.2 Å². The smallest absolute Gasteiger partial charge is 0.305 e. The molecule has 25 heavy (non-hydrogen) atoms. The summed E-state index contributed by atoms with van der Waals surface area (Å²) in [6.45, 7) is 1.44. The highest BCUT2D eigenvalue weighted by molar-refractivity contribution is 5.91. The number of para-hydroxylation sites is 1. The summed E-state index contributed by atoms with van der Waals surface area (Å²) >= 11 is 0. The lowest BCUT2D eigenvalue weighted by molar-refractivity contribution is -0.150. The van der Waals surface area contributed by atoms with Gasteiger partial charge in [0.2, 0.25) is 0 Å². The molecule has 2 aromatic carbocycles. The summed E-state index contributed by atoms with van der Waals surface area (Å²) < 4.78 is 7.66. The zero-order valence-electron chi connectivity index (χ0n) is 13.9. The molecule has 1 unspecified atom stereocenters. The standard InChI is InChI=1S/C21H18N2O2/c1-16(24)25-21-22-14-8-13-19(22)15-20(17-9-4-2-5-10-17)23(21)18-11-6-3-7-12-18/h2-15,21H,1H3. The molecule has 1 aliphatic heterocycles. The Morgan fingerprint density at radius 1 is 0.920 bits per heavy atom. The lowest BCUT2D eigenvalue weighted by atomic mass is 10.1. The molecule has 0 fully saturated rings. The molecule has 0 saturated carbocycles. The minimum atomic E-state index is -0.565. The fraction of sp³-hybridized carbons (Fsp3) is 0.0952. The lowest BCUT2D eigenvalue weighted by Gasteiger charge is -2.38. The van der Waals surface area contributed by atoms with E-state index >= 15 is 0 Å². The first-order valence-corrected chi connectivity index (χ1v) is 8.19. The van der Waals surface area contributed by atoms with E-state index in [4.69, 9.17) is 4.74 Å². The number of rotatable bonds is 3. The number of hydrogen-bond acceptors (Lipinski definition) is 3. The van der Waals surface area contributed by atoms with Crippen molar-refractivity contribution in [2.24, 2.45) is 0 Å². The summed E-state index contributed by atoms with van der Waals surface area (Å²) in [6, 6.07) is 24.1. The van der Waals surface area contributed by atoms with Crippen molar-refractivity contribution < 1.29 is 9.53 Å². The number of ether oxygens (including phenoxy) is 1. The Hall–Kier alpha value is -3.27. The maximum atomic E-state index is 11.8. The molecule has 0 N–H and O–H groups in total. The average molecular weight is 330 g/mol. The van der Waals surface area contributed by atoms with E-state index in [-0.39, 0.29) is 5.97 Å². The Morgan fingerprint density at radius 2 is 1.60 bits per heavy atom. The van der Waals surface area contributed by atoms with E-state index in [0.29, 0.717) is 0 Å². The van der Waals surface area contributed by atoms with Crippen LogP contribution in [0, 0.1) is 0 Å². The van der Waals surface area contributed by atoms with Gasteiger partial charge in [-0.2, -0.15) is 0 Å². The number of benzene rings is 2. The van der Waals surface area contributed by atoms with Crippen LogP contribution in [0.2, 0.25) is 0 Å². The average Bonchev–Trinajstić information content (AvgIpc) is 3.11. The molecule has 4 nitrogen and oxygen atoms in total. The van der Waals surface area contributed by atoms with Crippen molar-refractivity contribution in [2.45, 2.75) is 13.3 Å². The van der Waals surface area contributed by atoms with Gasteiger partial charge in [-0.25, -0.2) is 0 Å². The summed E-state index contributed by atoms with van der Waals surface area (Å²) in [6.07, 6.45) is 3.48. The maximum Gasteiger partial charge on any atom is 0.305 e. The normalized spacial score (nSPS) is 16.1. The third kappa shape index (κ3) is 2.83. The number of anilines is 1. The molecule has 0 bridgehead atoms. The van der Waals surface area contributed by atoms with Crippen LogP contribution >= 0.6 is 0 Å². The predicted octanol–water partition coefficient (Wildman–Crippen LogP) is 4.53. The minimum Gasteiger partial charge on any atom is -0.422 e. The maximum absolute atomic E-state index is 11.8. The van der Waals surface area contributed by atoms with Gasteiger partial charge in [0.15, 0.2) is 0 Å². The van der Waals surface area contributed by atoms with Crippen molar-refractivity contribution in [1.29, 1.82) is 0 Å². The first kappa shape index (κ1) is 15.3. The summed E-state index contributed by atoms with van der Waals surface area (Å²) in [5.74, 6) is -0.320. The topological polar surface area (TPSA) is 34.5 Å². The van der Waals surface area contributed by atoms with Crippen LogP contribution in [0.15, 0.2) is 79.0 Å². The molecular weight excluding hydrogens is 312 g/mol. The number of aromatic nitrogens is 1. The predicted molar refractivity (Wildman–Crippen MR) is 98.5 cm³/mol. The van der Waals surface area contributed by atoms with Crippen LogP contribution in [0.1, 0.15) is 24.5 Å². The van der Waals surface area contributed by atoms with Gasteiger partial charge in [0, 0.05) is 24.5 Å². The molecule has 0 radical (unpaired) electrons.